The second kappa shape index (κ2) is 5.51. The van der Waals surface area contributed by atoms with Crippen molar-refractivity contribution in [3.63, 3.8) is 0 Å². The molecule has 0 amide bonds. The molecule has 0 radical (unpaired) electrons. The second-order valence-electron chi connectivity index (χ2n) is 3.79. The largest absolute Gasteiger partial charge is 0.433 e. The van der Waals surface area contributed by atoms with Crippen molar-refractivity contribution in [3.8, 4) is 12.1 Å². The molecule has 0 bridgehead atoms. The van der Waals surface area contributed by atoms with Crippen LogP contribution in [0.15, 0.2) is 40.8 Å². The Kier molecular flexibility index (Phi) is 3.60. The molecule has 1 aromatic heterocycles. The van der Waals surface area contributed by atoms with Crippen LogP contribution in [0.25, 0.3) is 11.6 Å². The highest BCUT2D eigenvalue weighted by Gasteiger charge is 2.11. The van der Waals surface area contributed by atoms with E-state index >= 15 is 0 Å². The Labute approximate surface area is 113 Å². The highest BCUT2D eigenvalue weighted by Crippen LogP contribution is 2.22. The fourth-order valence-electron chi connectivity index (χ4n) is 1.56. The maximum Gasteiger partial charge on any atom is 0.433 e. The Morgan fingerprint density at radius 3 is 2.40 bits per heavy atom. The molecule has 0 fully saturated rings. The van der Waals surface area contributed by atoms with Gasteiger partial charge in [-0.15, -0.1) is 0 Å². The van der Waals surface area contributed by atoms with Crippen LogP contribution >= 0.6 is 0 Å². The summed E-state index contributed by atoms with van der Waals surface area (Å²) in [6.07, 6.45) is 1.41. The minimum Gasteiger partial charge on any atom is -0.401 e. The molecule has 1 aromatic carbocycles. The van der Waals surface area contributed by atoms with Gasteiger partial charge in [0.2, 0.25) is 0 Å². The number of nitriles is 2. The minimum absolute atomic E-state index is 0.220. The summed E-state index contributed by atoms with van der Waals surface area (Å²) < 4.78 is 4.96. The summed E-state index contributed by atoms with van der Waals surface area (Å²) in [5, 5.41) is 28.3. The van der Waals surface area contributed by atoms with Crippen molar-refractivity contribution in [2.75, 3.05) is 0 Å². The van der Waals surface area contributed by atoms with Crippen LogP contribution in [0.4, 0.5) is 5.88 Å². The molecule has 0 aliphatic rings. The van der Waals surface area contributed by atoms with Crippen LogP contribution < -0.4 is 0 Å². The Balaban J connectivity index is 2.35. The van der Waals surface area contributed by atoms with Gasteiger partial charge in [0.05, 0.1) is 29.3 Å². The maximum absolute atomic E-state index is 10.5. The van der Waals surface area contributed by atoms with E-state index in [0.29, 0.717) is 16.7 Å². The molecule has 96 valence electrons. The smallest absolute Gasteiger partial charge is 0.401 e. The molecule has 0 aliphatic carbocycles. The van der Waals surface area contributed by atoms with Gasteiger partial charge in [-0.3, -0.25) is 10.1 Å². The van der Waals surface area contributed by atoms with Crippen LogP contribution in [-0.4, -0.2) is 4.92 Å². The first kappa shape index (κ1) is 13.1. The van der Waals surface area contributed by atoms with E-state index in [1.807, 2.05) is 12.1 Å². The lowest BCUT2D eigenvalue weighted by molar-refractivity contribution is -0.402. The van der Waals surface area contributed by atoms with Gasteiger partial charge < -0.3 is 4.42 Å². The number of hydrogen-bond acceptors (Lipinski definition) is 5. The molecule has 0 atom stereocenters. The third-order valence-corrected chi connectivity index (χ3v) is 2.52. The van der Waals surface area contributed by atoms with Gasteiger partial charge in [0.1, 0.15) is 10.7 Å². The van der Waals surface area contributed by atoms with Crippen LogP contribution in [-0.2, 0) is 0 Å². The Morgan fingerprint density at radius 1 is 1.20 bits per heavy atom. The summed E-state index contributed by atoms with van der Waals surface area (Å²) in [5.74, 6) is -0.161. The van der Waals surface area contributed by atoms with E-state index in [-0.39, 0.29) is 11.6 Å². The monoisotopic (exact) mass is 265 g/mol. The molecule has 0 unspecified atom stereocenters. The molecule has 0 N–H and O–H groups in total. The zero-order valence-electron chi connectivity index (χ0n) is 10.1. The van der Waals surface area contributed by atoms with Crippen molar-refractivity contribution < 1.29 is 9.34 Å². The van der Waals surface area contributed by atoms with Gasteiger partial charge in [0, 0.05) is 0 Å². The molecule has 2 aromatic rings. The first-order chi connectivity index (χ1) is 9.63. The summed E-state index contributed by atoms with van der Waals surface area (Å²) in [7, 11) is 0. The lowest BCUT2D eigenvalue weighted by atomic mass is 10.0. The van der Waals surface area contributed by atoms with Gasteiger partial charge >= 0.3 is 5.88 Å². The number of furan rings is 1. The van der Waals surface area contributed by atoms with Gasteiger partial charge in [-0.05, 0) is 29.8 Å². The molecule has 20 heavy (non-hydrogen) atoms. The average molecular weight is 265 g/mol. The summed E-state index contributed by atoms with van der Waals surface area (Å²) in [6, 6.07) is 13.0. The predicted octanol–water partition coefficient (Wildman–Crippen LogP) is 3.12. The number of hydrogen-bond donors (Lipinski definition) is 0. The van der Waals surface area contributed by atoms with Crippen LogP contribution in [0.2, 0.25) is 0 Å². The van der Waals surface area contributed by atoms with Crippen molar-refractivity contribution in [2.45, 2.75) is 0 Å². The molecular formula is C14H7N3O3. The summed E-state index contributed by atoms with van der Waals surface area (Å²) >= 11 is 0. The third kappa shape index (κ3) is 2.71. The highest BCUT2D eigenvalue weighted by molar-refractivity contribution is 5.88. The van der Waals surface area contributed by atoms with Crippen LogP contribution in [0.5, 0.6) is 0 Å². The number of nitro groups is 1. The first-order valence-corrected chi connectivity index (χ1v) is 5.50. The van der Waals surface area contributed by atoms with E-state index < -0.39 is 4.92 Å². The summed E-state index contributed by atoms with van der Waals surface area (Å²) in [4.78, 5) is 9.86. The molecular weight excluding hydrogens is 258 g/mol. The minimum atomic E-state index is -0.648. The quantitative estimate of drug-likeness (QED) is 0.481. The van der Waals surface area contributed by atoms with Gasteiger partial charge in [-0.2, -0.15) is 10.5 Å². The van der Waals surface area contributed by atoms with Crippen molar-refractivity contribution in [2.24, 2.45) is 0 Å². The zero-order chi connectivity index (χ0) is 14.5. The zero-order valence-corrected chi connectivity index (χ0v) is 10.1. The van der Waals surface area contributed by atoms with Gasteiger partial charge in [-0.25, -0.2) is 0 Å². The third-order valence-electron chi connectivity index (χ3n) is 2.52. The SMILES string of the molecule is N#CC(=Cc1ccc([N+](=O)[O-])o1)c1ccc(C#N)cc1. The van der Waals surface area contributed by atoms with Gasteiger partial charge in [0.15, 0.2) is 0 Å². The first-order valence-electron chi connectivity index (χ1n) is 5.50. The topological polar surface area (TPSA) is 104 Å². The normalized spacial score (nSPS) is 10.6. The molecule has 6 heteroatoms. The van der Waals surface area contributed by atoms with Crippen LogP contribution in [0.1, 0.15) is 16.9 Å². The molecule has 1 heterocycles. The molecule has 0 saturated carbocycles. The van der Waals surface area contributed by atoms with Crippen LogP contribution in [0, 0.1) is 32.8 Å². The van der Waals surface area contributed by atoms with Crippen molar-refractivity contribution >= 4 is 17.5 Å². The number of rotatable bonds is 3. The number of benzene rings is 1. The van der Waals surface area contributed by atoms with E-state index in [2.05, 4.69) is 0 Å². The standard InChI is InChI=1S/C14H7N3O3/c15-8-10-1-3-11(4-2-10)12(9-16)7-13-5-6-14(20-13)17(18)19/h1-7H. The van der Waals surface area contributed by atoms with E-state index in [1.165, 1.54) is 18.2 Å². The lowest BCUT2D eigenvalue weighted by Crippen LogP contribution is -1.83. The summed E-state index contributed by atoms with van der Waals surface area (Å²) in [6.45, 7) is 0. The maximum atomic E-state index is 10.5. The molecule has 0 aliphatic heterocycles. The second-order valence-corrected chi connectivity index (χ2v) is 3.79. The fraction of sp³-hybridized carbons (Fsp3) is 0. The van der Waals surface area contributed by atoms with Crippen molar-refractivity contribution in [1.29, 1.82) is 10.5 Å². The molecule has 0 spiro atoms. The van der Waals surface area contributed by atoms with Gasteiger partial charge in [0.25, 0.3) is 0 Å². The Morgan fingerprint density at radius 2 is 1.90 bits per heavy atom. The average Bonchev–Trinajstić information content (AvgIpc) is 2.94. The fourth-order valence-corrected chi connectivity index (χ4v) is 1.56. The van der Waals surface area contributed by atoms with E-state index in [4.69, 9.17) is 14.9 Å². The van der Waals surface area contributed by atoms with Crippen LogP contribution in [0.3, 0.4) is 0 Å². The number of allylic oxidation sites excluding steroid dienone is 1. The predicted molar refractivity (Wildman–Crippen MR) is 70.0 cm³/mol. The molecule has 2 rings (SSSR count). The Bertz CT molecular complexity index is 758. The Hall–Kier alpha value is -3.38. The summed E-state index contributed by atoms with van der Waals surface area (Å²) in [5.41, 5.74) is 1.38. The van der Waals surface area contributed by atoms with Gasteiger partial charge in [-0.1, -0.05) is 12.1 Å². The highest BCUT2D eigenvalue weighted by atomic mass is 16.6. The van der Waals surface area contributed by atoms with E-state index in [1.54, 1.807) is 24.3 Å². The van der Waals surface area contributed by atoms with E-state index in [0.717, 1.165) is 0 Å². The number of nitrogens with zero attached hydrogens (tertiary/aromatic N) is 3. The van der Waals surface area contributed by atoms with E-state index in [9.17, 15) is 10.1 Å². The van der Waals surface area contributed by atoms with Crippen molar-refractivity contribution in [3.05, 3.63) is 63.4 Å². The molecule has 6 nitrogen and oxygen atoms in total. The lowest BCUT2D eigenvalue weighted by Gasteiger charge is -1.98. The van der Waals surface area contributed by atoms with Crippen molar-refractivity contribution in [1.82, 2.24) is 0 Å². The molecule has 0 saturated heterocycles.